The van der Waals surface area contributed by atoms with Gasteiger partial charge in [-0.25, -0.2) is 24.9 Å². The van der Waals surface area contributed by atoms with Crippen LogP contribution in [0.2, 0.25) is 0 Å². The molecule has 4 heterocycles. The van der Waals surface area contributed by atoms with Crippen LogP contribution in [0.3, 0.4) is 0 Å². The molecule has 0 fully saturated rings. The number of aromatic nitrogens is 6. The molecule has 1 aromatic carbocycles. The number of ketones is 1. The monoisotopic (exact) mass is 441 g/mol. The number of nitrogens with zero attached hydrogens (tertiary/aromatic N) is 6. The van der Waals surface area contributed by atoms with E-state index < -0.39 is 5.41 Å². The molecule has 1 N–H and O–H groups in total. The predicted octanol–water partition coefficient (Wildman–Crippen LogP) is 3.47. The van der Waals surface area contributed by atoms with Gasteiger partial charge in [-0.1, -0.05) is 6.07 Å². The topological polar surface area (TPSA) is 116 Å². The molecular weight excluding hydrogens is 418 g/mol. The highest BCUT2D eigenvalue weighted by atomic mass is 16.2. The summed E-state index contributed by atoms with van der Waals surface area (Å²) >= 11 is 0. The average Bonchev–Trinajstić information content (AvgIpc) is 3.28. The smallest absolute Gasteiger partial charge is 0.235 e. The van der Waals surface area contributed by atoms with Crippen molar-refractivity contribution >= 4 is 28.5 Å². The average molecular weight is 441 g/mol. The van der Waals surface area contributed by atoms with Gasteiger partial charge in [0.1, 0.15) is 35.0 Å². The second-order valence-electron chi connectivity index (χ2n) is 8.52. The fourth-order valence-corrected chi connectivity index (χ4v) is 4.49. The number of hydrogen-bond donors (Lipinski definition) is 1. The number of fused-ring (bicyclic) bond motifs is 2. The van der Waals surface area contributed by atoms with E-state index in [-0.39, 0.29) is 18.1 Å². The zero-order valence-corrected chi connectivity index (χ0v) is 18.9. The van der Waals surface area contributed by atoms with Crippen molar-refractivity contribution < 1.29 is 9.59 Å². The van der Waals surface area contributed by atoms with Crippen LogP contribution in [0.25, 0.3) is 33.8 Å². The Bertz CT molecular complexity index is 1430. The van der Waals surface area contributed by atoms with E-state index in [1.165, 1.54) is 13.3 Å². The Hall–Kier alpha value is -4.01. The molecule has 3 aromatic heterocycles. The SMILES string of the molecule is CCn1c(-c2cnc(C)nc2)nc2c(-c3ccc4c(c3)C(C)(CC(C)=O)C(=O)N4)ncnc21. The number of benzene rings is 1. The van der Waals surface area contributed by atoms with Crippen molar-refractivity contribution in [2.24, 2.45) is 0 Å². The fourth-order valence-electron chi connectivity index (χ4n) is 4.49. The number of carbonyl (C=O) groups excluding carboxylic acids is 2. The summed E-state index contributed by atoms with van der Waals surface area (Å²) in [7, 11) is 0. The summed E-state index contributed by atoms with van der Waals surface area (Å²) in [5.41, 5.74) is 4.21. The van der Waals surface area contributed by atoms with Gasteiger partial charge in [0.15, 0.2) is 5.65 Å². The molecule has 4 aromatic rings. The van der Waals surface area contributed by atoms with Crippen molar-refractivity contribution in [2.75, 3.05) is 5.32 Å². The second kappa shape index (κ2) is 7.54. The van der Waals surface area contributed by atoms with Crippen LogP contribution in [0.15, 0.2) is 36.9 Å². The fraction of sp³-hybridized carbons (Fsp3) is 0.292. The first kappa shape index (κ1) is 20.9. The van der Waals surface area contributed by atoms with E-state index in [0.717, 1.165) is 22.4 Å². The molecular formula is C24H23N7O2. The number of hydrogen-bond acceptors (Lipinski definition) is 7. The summed E-state index contributed by atoms with van der Waals surface area (Å²) in [6.45, 7) is 7.83. The summed E-state index contributed by atoms with van der Waals surface area (Å²) in [6.07, 6.45) is 5.16. The number of nitrogens with one attached hydrogen (secondary N) is 1. The molecule has 1 aliphatic rings. The summed E-state index contributed by atoms with van der Waals surface area (Å²) in [6, 6.07) is 5.69. The number of carbonyl (C=O) groups is 2. The van der Waals surface area contributed by atoms with Gasteiger partial charge in [-0.3, -0.25) is 9.59 Å². The van der Waals surface area contributed by atoms with Crippen molar-refractivity contribution in [2.45, 2.75) is 46.1 Å². The molecule has 1 unspecified atom stereocenters. The molecule has 5 rings (SSSR count). The zero-order valence-electron chi connectivity index (χ0n) is 18.9. The van der Waals surface area contributed by atoms with Crippen molar-refractivity contribution in [1.29, 1.82) is 0 Å². The first-order valence-electron chi connectivity index (χ1n) is 10.8. The first-order valence-corrected chi connectivity index (χ1v) is 10.8. The van der Waals surface area contributed by atoms with Crippen LogP contribution in [0, 0.1) is 6.92 Å². The van der Waals surface area contributed by atoms with E-state index in [9.17, 15) is 9.59 Å². The van der Waals surface area contributed by atoms with Gasteiger partial charge in [-0.15, -0.1) is 0 Å². The molecule has 33 heavy (non-hydrogen) atoms. The van der Waals surface area contributed by atoms with E-state index in [0.29, 0.717) is 35.1 Å². The largest absolute Gasteiger partial charge is 0.325 e. The Morgan fingerprint density at radius 1 is 1.12 bits per heavy atom. The van der Waals surface area contributed by atoms with Gasteiger partial charge in [0, 0.05) is 36.6 Å². The predicted molar refractivity (Wildman–Crippen MR) is 123 cm³/mol. The lowest BCUT2D eigenvalue weighted by molar-refractivity contribution is -0.125. The maximum atomic E-state index is 12.7. The van der Waals surface area contributed by atoms with E-state index in [4.69, 9.17) is 4.98 Å². The van der Waals surface area contributed by atoms with Gasteiger partial charge in [-0.05, 0) is 45.4 Å². The molecule has 9 nitrogen and oxygen atoms in total. The van der Waals surface area contributed by atoms with Gasteiger partial charge in [0.05, 0.1) is 11.0 Å². The normalized spacial score (nSPS) is 17.3. The highest BCUT2D eigenvalue weighted by Crippen LogP contribution is 2.42. The van der Waals surface area contributed by atoms with Crippen molar-refractivity contribution in [1.82, 2.24) is 29.5 Å². The lowest BCUT2D eigenvalue weighted by Gasteiger charge is -2.21. The standard InChI is InChI=1S/C24H23N7O2/c1-5-31-21(16-10-25-14(3)26-11-16)30-20-19(27-12-28-22(20)31)15-6-7-18-17(8-15)24(4,9-13(2)32)23(33)29-18/h6-8,10-12H,5,9H2,1-4H3,(H,29,33). The van der Waals surface area contributed by atoms with Crippen molar-refractivity contribution in [3.05, 3.63) is 48.3 Å². The summed E-state index contributed by atoms with van der Waals surface area (Å²) in [4.78, 5) is 47.1. The number of imidazole rings is 1. The van der Waals surface area contributed by atoms with Crippen LogP contribution in [0.1, 0.15) is 38.6 Å². The highest BCUT2D eigenvalue weighted by Gasteiger charge is 2.43. The Morgan fingerprint density at radius 2 is 1.88 bits per heavy atom. The van der Waals surface area contributed by atoms with Crippen LogP contribution >= 0.6 is 0 Å². The Labute approximate surface area is 190 Å². The van der Waals surface area contributed by atoms with E-state index in [2.05, 4.69) is 25.3 Å². The summed E-state index contributed by atoms with van der Waals surface area (Å²) < 4.78 is 2.01. The van der Waals surface area contributed by atoms with Crippen LogP contribution in [-0.4, -0.2) is 41.2 Å². The maximum absolute atomic E-state index is 12.7. The molecule has 166 valence electrons. The van der Waals surface area contributed by atoms with Crippen molar-refractivity contribution in [3.8, 4) is 22.6 Å². The minimum absolute atomic E-state index is 0.0398. The molecule has 0 radical (unpaired) electrons. The second-order valence-corrected chi connectivity index (χ2v) is 8.52. The van der Waals surface area contributed by atoms with Crippen LogP contribution < -0.4 is 5.32 Å². The minimum Gasteiger partial charge on any atom is -0.325 e. The van der Waals surface area contributed by atoms with Crippen LogP contribution in [-0.2, 0) is 21.5 Å². The molecule has 0 aliphatic carbocycles. The third-order valence-electron chi connectivity index (χ3n) is 6.13. The van der Waals surface area contributed by atoms with Gasteiger partial charge < -0.3 is 9.88 Å². The molecule has 1 atom stereocenters. The zero-order chi connectivity index (χ0) is 23.3. The Kier molecular flexibility index (Phi) is 4.77. The molecule has 1 amide bonds. The minimum atomic E-state index is -0.920. The number of anilines is 1. The number of aryl methyl sites for hydroxylation is 2. The third kappa shape index (κ3) is 3.27. The van der Waals surface area contributed by atoms with Gasteiger partial charge in [0.25, 0.3) is 0 Å². The quantitative estimate of drug-likeness (QED) is 0.504. The molecule has 0 bridgehead atoms. The molecule has 9 heteroatoms. The summed E-state index contributed by atoms with van der Waals surface area (Å²) in [5.74, 6) is 1.19. The number of amides is 1. The lowest BCUT2D eigenvalue weighted by Crippen LogP contribution is -2.33. The third-order valence-corrected chi connectivity index (χ3v) is 6.13. The first-order chi connectivity index (χ1) is 15.8. The molecule has 0 spiro atoms. The van der Waals surface area contributed by atoms with Gasteiger partial charge in [0.2, 0.25) is 5.91 Å². The van der Waals surface area contributed by atoms with Crippen LogP contribution in [0.5, 0.6) is 0 Å². The molecule has 0 saturated carbocycles. The van der Waals surface area contributed by atoms with E-state index in [1.807, 2.05) is 36.6 Å². The Balaban J connectivity index is 1.69. The van der Waals surface area contributed by atoms with Gasteiger partial charge >= 0.3 is 0 Å². The number of Topliss-reactive ketones (excluding diaryl/α,β-unsaturated/α-hetero) is 1. The molecule has 1 aliphatic heterocycles. The van der Waals surface area contributed by atoms with Gasteiger partial charge in [-0.2, -0.15) is 0 Å². The molecule has 0 saturated heterocycles. The van der Waals surface area contributed by atoms with Crippen molar-refractivity contribution in [3.63, 3.8) is 0 Å². The maximum Gasteiger partial charge on any atom is 0.235 e. The highest BCUT2D eigenvalue weighted by molar-refractivity contribution is 6.08. The van der Waals surface area contributed by atoms with E-state index in [1.54, 1.807) is 19.3 Å². The number of rotatable bonds is 5. The lowest BCUT2D eigenvalue weighted by atomic mass is 9.79. The van der Waals surface area contributed by atoms with Crippen LogP contribution in [0.4, 0.5) is 5.69 Å². The summed E-state index contributed by atoms with van der Waals surface area (Å²) in [5, 5.41) is 2.90. The Morgan fingerprint density at radius 3 is 2.58 bits per heavy atom. The van der Waals surface area contributed by atoms with E-state index >= 15 is 0 Å².